The average molecular weight is 331 g/mol. The maximum Gasteiger partial charge on any atom is 0.224 e. The van der Waals surface area contributed by atoms with E-state index in [4.69, 9.17) is 9.15 Å². The lowest BCUT2D eigenvalue weighted by Crippen LogP contribution is -3.14. The molecule has 0 unspecified atom stereocenters. The number of ether oxygens (including phenoxy) is 1. The predicted molar refractivity (Wildman–Crippen MR) is 93.4 cm³/mol. The highest BCUT2D eigenvalue weighted by Gasteiger charge is 2.14. The third-order valence-corrected chi connectivity index (χ3v) is 4.67. The molecule has 2 N–H and O–H groups in total. The predicted octanol–water partition coefficient (Wildman–Crippen LogP) is 1.01. The topological polar surface area (TPSA) is 55.9 Å². The highest BCUT2D eigenvalue weighted by atomic mass is 16.5. The van der Waals surface area contributed by atoms with Crippen molar-refractivity contribution in [2.45, 2.75) is 26.7 Å². The molecule has 0 aliphatic carbocycles. The highest BCUT2D eigenvalue weighted by molar-refractivity contribution is 5.90. The molecule has 1 aliphatic rings. The molecule has 0 saturated carbocycles. The average Bonchev–Trinajstić information content (AvgIpc) is 2.95. The molecule has 2 aromatic rings. The summed E-state index contributed by atoms with van der Waals surface area (Å²) in [5, 5.41) is 4.11. The molecule has 1 saturated heterocycles. The van der Waals surface area contributed by atoms with Crippen LogP contribution in [0.25, 0.3) is 11.0 Å². The smallest absolute Gasteiger partial charge is 0.224 e. The maximum absolute atomic E-state index is 12.2. The van der Waals surface area contributed by atoms with Crippen molar-refractivity contribution in [3.63, 3.8) is 0 Å². The Bertz CT molecular complexity index is 702. The molecule has 2 heterocycles. The maximum atomic E-state index is 12.2. The molecule has 1 fully saturated rings. The van der Waals surface area contributed by atoms with Gasteiger partial charge in [0.05, 0.1) is 32.4 Å². The number of amides is 1. The monoisotopic (exact) mass is 331 g/mol. The van der Waals surface area contributed by atoms with Crippen molar-refractivity contribution in [3.05, 3.63) is 35.1 Å². The van der Waals surface area contributed by atoms with E-state index >= 15 is 0 Å². The summed E-state index contributed by atoms with van der Waals surface area (Å²) in [6.45, 7) is 9.81. The molecule has 3 rings (SSSR count). The van der Waals surface area contributed by atoms with E-state index in [1.165, 1.54) is 5.56 Å². The Kier molecular flexibility index (Phi) is 5.53. The molecule has 5 nitrogen and oxygen atoms in total. The highest BCUT2D eigenvalue weighted by Crippen LogP contribution is 2.26. The van der Waals surface area contributed by atoms with Crippen LogP contribution in [0, 0.1) is 13.8 Å². The van der Waals surface area contributed by atoms with Gasteiger partial charge in [0.2, 0.25) is 5.91 Å². The quantitative estimate of drug-likeness (QED) is 0.777. The van der Waals surface area contributed by atoms with Crippen LogP contribution in [0.15, 0.2) is 22.8 Å². The summed E-state index contributed by atoms with van der Waals surface area (Å²) >= 11 is 0. The molecule has 1 aromatic carbocycles. The zero-order valence-electron chi connectivity index (χ0n) is 14.6. The van der Waals surface area contributed by atoms with E-state index in [9.17, 15) is 4.79 Å². The van der Waals surface area contributed by atoms with E-state index in [0.717, 1.165) is 67.9 Å². The van der Waals surface area contributed by atoms with Gasteiger partial charge in [-0.1, -0.05) is 6.07 Å². The first kappa shape index (κ1) is 17.0. The Balaban J connectivity index is 1.48. The summed E-state index contributed by atoms with van der Waals surface area (Å²) in [4.78, 5) is 13.8. The van der Waals surface area contributed by atoms with E-state index in [1.807, 2.05) is 6.07 Å². The molecule has 1 aliphatic heterocycles. The van der Waals surface area contributed by atoms with Crippen LogP contribution in [0.1, 0.15) is 23.1 Å². The van der Waals surface area contributed by atoms with Gasteiger partial charge >= 0.3 is 0 Å². The van der Waals surface area contributed by atoms with Gasteiger partial charge in [-0.25, -0.2) is 0 Å². The molecular weight excluding hydrogens is 304 g/mol. The molecular formula is C19H27N2O3+. The van der Waals surface area contributed by atoms with Gasteiger partial charge in [-0.15, -0.1) is 0 Å². The van der Waals surface area contributed by atoms with Crippen molar-refractivity contribution in [2.24, 2.45) is 0 Å². The van der Waals surface area contributed by atoms with Gasteiger partial charge in [-0.05, 0) is 31.0 Å². The SMILES string of the molecule is Cc1cc(C)c2c(CC(=O)NCCC[NH+]3CCOCC3)coc2c1. The Morgan fingerprint density at radius 3 is 2.83 bits per heavy atom. The minimum absolute atomic E-state index is 0.0645. The number of carbonyl (C=O) groups is 1. The summed E-state index contributed by atoms with van der Waals surface area (Å²) in [5.41, 5.74) is 4.18. The molecule has 1 aromatic heterocycles. The third-order valence-electron chi connectivity index (χ3n) is 4.67. The van der Waals surface area contributed by atoms with Gasteiger partial charge in [0.15, 0.2) is 0 Å². The van der Waals surface area contributed by atoms with Crippen LogP contribution in [0.5, 0.6) is 0 Å². The van der Waals surface area contributed by atoms with Crippen molar-refractivity contribution in [3.8, 4) is 0 Å². The Morgan fingerprint density at radius 2 is 2.04 bits per heavy atom. The number of hydrogen-bond acceptors (Lipinski definition) is 3. The normalized spacial score (nSPS) is 15.8. The number of rotatable bonds is 6. The third kappa shape index (κ3) is 4.16. The molecule has 0 spiro atoms. The van der Waals surface area contributed by atoms with Crippen LogP contribution >= 0.6 is 0 Å². The second-order valence-electron chi connectivity index (χ2n) is 6.71. The van der Waals surface area contributed by atoms with E-state index in [-0.39, 0.29) is 5.91 Å². The summed E-state index contributed by atoms with van der Waals surface area (Å²) in [5.74, 6) is 0.0645. The van der Waals surface area contributed by atoms with Crippen LogP contribution in [-0.4, -0.2) is 45.3 Å². The van der Waals surface area contributed by atoms with Crippen LogP contribution < -0.4 is 10.2 Å². The molecule has 5 heteroatoms. The largest absolute Gasteiger partial charge is 0.464 e. The summed E-state index contributed by atoms with van der Waals surface area (Å²) < 4.78 is 11.0. The second-order valence-corrected chi connectivity index (χ2v) is 6.71. The fourth-order valence-electron chi connectivity index (χ4n) is 3.47. The zero-order chi connectivity index (χ0) is 16.9. The number of nitrogens with one attached hydrogen (secondary N) is 2. The van der Waals surface area contributed by atoms with E-state index in [2.05, 4.69) is 25.2 Å². The molecule has 130 valence electrons. The van der Waals surface area contributed by atoms with Crippen molar-refractivity contribution in [1.29, 1.82) is 0 Å². The van der Waals surface area contributed by atoms with Gasteiger partial charge in [-0.2, -0.15) is 0 Å². The molecule has 1 amide bonds. The van der Waals surface area contributed by atoms with E-state index < -0.39 is 0 Å². The Morgan fingerprint density at radius 1 is 1.25 bits per heavy atom. The van der Waals surface area contributed by atoms with Crippen LogP contribution in [0.2, 0.25) is 0 Å². The summed E-state index contributed by atoms with van der Waals surface area (Å²) in [7, 11) is 0. The van der Waals surface area contributed by atoms with Crippen LogP contribution in [0.3, 0.4) is 0 Å². The Hall–Kier alpha value is -1.85. The van der Waals surface area contributed by atoms with Gasteiger partial charge in [0, 0.05) is 23.9 Å². The standard InChI is InChI=1S/C19H26N2O3/c1-14-10-15(2)19-16(13-24-17(19)11-14)12-18(22)20-4-3-5-21-6-8-23-9-7-21/h10-11,13H,3-9,12H2,1-2H3,(H,20,22)/p+1. The fourth-order valence-corrected chi connectivity index (χ4v) is 3.47. The number of carbonyl (C=O) groups excluding carboxylic acids is 1. The number of aryl methyl sites for hydroxylation is 2. The fraction of sp³-hybridized carbons (Fsp3) is 0.526. The summed E-state index contributed by atoms with van der Waals surface area (Å²) in [6.07, 6.45) is 3.10. The number of morpholine rings is 1. The van der Waals surface area contributed by atoms with E-state index in [0.29, 0.717) is 6.42 Å². The minimum atomic E-state index is 0.0645. The molecule has 0 radical (unpaired) electrons. The van der Waals surface area contributed by atoms with Gasteiger partial charge in [-0.3, -0.25) is 4.79 Å². The number of benzene rings is 1. The lowest BCUT2D eigenvalue weighted by molar-refractivity contribution is -0.908. The van der Waals surface area contributed by atoms with Crippen molar-refractivity contribution >= 4 is 16.9 Å². The van der Waals surface area contributed by atoms with Crippen molar-refractivity contribution in [2.75, 3.05) is 39.4 Å². The Labute approximate surface area is 143 Å². The second kappa shape index (κ2) is 7.81. The number of quaternary nitrogens is 1. The van der Waals surface area contributed by atoms with Crippen molar-refractivity contribution in [1.82, 2.24) is 5.32 Å². The first-order chi connectivity index (χ1) is 11.6. The molecule has 0 atom stereocenters. The number of furan rings is 1. The van der Waals surface area contributed by atoms with E-state index in [1.54, 1.807) is 11.2 Å². The summed E-state index contributed by atoms with van der Waals surface area (Å²) in [6, 6.07) is 4.15. The van der Waals surface area contributed by atoms with Crippen LogP contribution in [-0.2, 0) is 16.0 Å². The molecule has 0 bridgehead atoms. The van der Waals surface area contributed by atoms with Gasteiger partial charge in [0.25, 0.3) is 0 Å². The molecule has 24 heavy (non-hydrogen) atoms. The minimum Gasteiger partial charge on any atom is -0.464 e. The van der Waals surface area contributed by atoms with Gasteiger partial charge < -0.3 is 19.4 Å². The zero-order valence-corrected chi connectivity index (χ0v) is 14.6. The van der Waals surface area contributed by atoms with Crippen molar-refractivity contribution < 1.29 is 18.8 Å². The first-order valence-electron chi connectivity index (χ1n) is 8.79. The lowest BCUT2D eigenvalue weighted by Gasteiger charge is -2.23. The first-order valence-corrected chi connectivity index (χ1v) is 8.79. The lowest BCUT2D eigenvalue weighted by atomic mass is 10.0. The number of fused-ring (bicyclic) bond motifs is 1. The van der Waals surface area contributed by atoms with Gasteiger partial charge in [0.1, 0.15) is 18.7 Å². The number of hydrogen-bond donors (Lipinski definition) is 2. The van der Waals surface area contributed by atoms with Crippen LogP contribution in [0.4, 0.5) is 0 Å².